The fourth-order valence-corrected chi connectivity index (χ4v) is 4.74. The molecule has 1 aromatic carbocycles. The van der Waals surface area contributed by atoms with Gasteiger partial charge >= 0.3 is 0 Å². The normalized spacial score (nSPS) is 30.8. The summed E-state index contributed by atoms with van der Waals surface area (Å²) in [5, 5.41) is 6.91. The second-order valence-electron chi connectivity index (χ2n) is 7.71. The molecule has 1 amide bonds. The molecule has 0 aromatic heterocycles. The van der Waals surface area contributed by atoms with Crippen molar-refractivity contribution in [2.24, 2.45) is 5.92 Å². The molecule has 0 radical (unpaired) electrons. The number of rotatable bonds is 3. The van der Waals surface area contributed by atoms with Gasteiger partial charge in [0.25, 0.3) is 0 Å². The molecule has 3 aliphatic rings. The highest BCUT2D eigenvalue weighted by Crippen LogP contribution is 2.33. The fraction of sp³-hybridized carbons (Fsp3) is 0.650. The summed E-state index contributed by atoms with van der Waals surface area (Å²) >= 11 is 0. The summed E-state index contributed by atoms with van der Waals surface area (Å²) in [5.41, 5.74) is 1.30. The Balaban J connectivity index is 1.26. The van der Waals surface area contributed by atoms with Crippen LogP contribution in [-0.4, -0.2) is 37.1 Å². The molecule has 1 saturated carbocycles. The zero-order valence-corrected chi connectivity index (χ0v) is 14.4. The van der Waals surface area contributed by atoms with Crippen LogP contribution in [0, 0.1) is 5.92 Å². The molecule has 1 aliphatic carbocycles. The number of nitrogens with zero attached hydrogens (tertiary/aromatic N) is 1. The van der Waals surface area contributed by atoms with E-state index in [1.54, 1.807) is 0 Å². The Kier molecular flexibility index (Phi) is 4.74. The van der Waals surface area contributed by atoms with Crippen LogP contribution in [0.5, 0.6) is 0 Å². The largest absolute Gasteiger partial charge is 0.371 e. The maximum absolute atomic E-state index is 12.6. The second kappa shape index (κ2) is 7.14. The summed E-state index contributed by atoms with van der Waals surface area (Å²) in [6.07, 6.45) is 8.34. The van der Waals surface area contributed by atoms with Crippen molar-refractivity contribution in [3.8, 4) is 0 Å². The van der Waals surface area contributed by atoms with E-state index in [9.17, 15) is 4.79 Å². The number of anilines is 1. The van der Waals surface area contributed by atoms with Crippen molar-refractivity contribution in [3.05, 3.63) is 30.3 Å². The van der Waals surface area contributed by atoms with Crippen LogP contribution in [0.3, 0.4) is 0 Å². The van der Waals surface area contributed by atoms with Gasteiger partial charge in [-0.05, 0) is 50.2 Å². The van der Waals surface area contributed by atoms with Crippen LogP contribution in [0.25, 0.3) is 0 Å². The van der Waals surface area contributed by atoms with Gasteiger partial charge in [-0.15, -0.1) is 0 Å². The number of benzene rings is 1. The highest BCUT2D eigenvalue weighted by atomic mass is 16.2. The molecule has 24 heavy (non-hydrogen) atoms. The topological polar surface area (TPSA) is 44.4 Å². The summed E-state index contributed by atoms with van der Waals surface area (Å²) < 4.78 is 0. The van der Waals surface area contributed by atoms with E-state index >= 15 is 0 Å². The molecule has 3 atom stereocenters. The number of fused-ring (bicyclic) bond motifs is 1. The van der Waals surface area contributed by atoms with Crippen LogP contribution in [0.2, 0.25) is 0 Å². The molecule has 0 bridgehead atoms. The molecule has 2 N–H and O–H groups in total. The smallest absolute Gasteiger partial charge is 0.237 e. The van der Waals surface area contributed by atoms with Crippen LogP contribution in [0.4, 0.5) is 5.69 Å². The SMILES string of the molecule is O=C(NC1CCN(c2ccccc2)CC1)C1CC2CCCCC2N1. The average Bonchev–Trinajstić information content (AvgIpc) is 3.07. The summed E-state index contributed by atoms with van der Waals surface area (Å²) in [6.45, 7) is 2.05. The Morgan fingerprint density at radius 2 is 1.79 bits per heavy atom. The van der Waals surface area contributed by atoms with Gasteiger partial charge in [-0.3, -0.25) is 4.79 Å². The molecule has 2 aliphatic heterocycles. The molecule has 0 spiro atoms. The van der Waals surface area contributed by atoms with Crippen LogP contribution in [0.15, 0.2) is 30.3 Å². The molecule has 130 valence electrons. The number of hydrogen-bond donors (Lipinski definition) is 2. The molecule has 3 fully saturated rings. The van der Waals surface area contributed by atoms with Gasteiger partial charge < -0.3 is 15.5 Å². The molecule has 2 heterocycles. The highest BCUT2D eigenvalue weighted by Gasteiger charge is 2.38. The minimum absolute atomic E-state index is 0.0465. The monoisotopic (exact) mass is 327 g/mol. The van der Waals surface area contributed by atoms with E-state index in [0.29, 0.717) is 12.1 Å². The third kappa shape index (κ3) is 3.44. The zero-order valence-electron chi connectivity index (χ0n) is 14.4. The van der Waals surface area contributed by atoms with Crippen LogP contribution in [0.1, 0.15) is 44.9 Å². The quantitative estimate of drug-likeness (QED) is 0.897. The number of hydrogen-bond acceptors (Lipinski definition) is 3. The highest BCUT2D eigenvalue weighted by molar-refractivity contribution is 5.82. The Hall–Kier alpha value is -1.55. The first kappa shape index (κ1) is 15.9. The number of nitrogens with one attached hydrogen (secondary N) is 2. The molecule has 4 rings (SSSR count). The lowest BCUT2D eigenvalue weighted by Gasteiger charge is -2.34. The summed E-state index contributed by atoms with van der Waals surface area (Å²) in [7, 11) is 0. The van der Waals surface area contributed by atoms with Crippen LogP contribution in [-0.2, 0) is 4.79 Å². The van der Waals surface area contributed by atoms with Gasteiger partial charge in [-0.2, -0.15) is 0 Å². The summed E-state index contributed by atoms with van der Waals surface area (Å²) in [5.74, 6) is 0.969. The minimum atomic E-state index is 0.0465. The second-order valence-corrected chi connectivity index (χ2v) is 7.71. The predicted molar refractivity (Wildman–Crippen MR) is 97.1 cm³/mol. The number of carbonyl (C=O) groups is 1. The van der Waals surface area contributed by atoms with Crippen molar-refractivity contribution in [1.82, 2.24) is 10.6 Å². The van der Waals surface area contributed by atoms with Crippen molar-refractivity contribution < 1.29 is 4.79 Å². The first-order chi connectivity index (χ1) is 11.8. The van der Waals surface area contributed by atoms with Gasteiger partial charge in [-0.1, -0.05) is 31.0 Å². The molecule has 1 aromatic rings. The fourth-order valence-electron chi connectivity index (χ4n) is 4.74. The Bertz CT molecular complexity index is 539. The third-order valence-corrected chi connectivity index (χ3v) is 6.14. The van der Waals surface area contributed by atoms with Crippen molar-refractivity contribution in [3.63, 3.8) is 0 Å². The molecule has 2 saturated heterocycles. The Labute approximate surface area is 145 Å². The standard InChI is InChI=1S/C20H29N3O/c24-20(19-14-15-6-4-5-9-18(15)22-19)21-16-10-12-23(13-11-16)17-7-2-1-3-8-17/h1-3,7-8,15-16,18-19,22H,4-6,9-14H2,(H,21,24). The van der Waals surface area contributed by atoms with Crippen molar-refractivity contribution in [2.45, 2.75) is 63.1 Å². The Morgan fingerprint density at radius 1 is 1.04 bits per heavy atom. The van der Waals surface area contributed by atoms with Crippen molar-refractivity contribution in [2.75, 3.05) is 18.0 Å². The van der Waals surface area contributed by atoms with Crippen LogP contribution >= 0.6 is 0 Å². The third-order valence-electron chi connectivity index (χ3n) is 6.14. The molecular weight excluding hydrogens is 298 g/mol. The average molecular weight is 327 g/mol. The lowest BCUT2D eigenvalue weighted by Crippen LogP contribution is -2.50. The number of amides is 1. The van der Waals surface area contributed by atoms with E-state index in [1.807, 2.05) is 0 Å². The Morgan fingerprint density at radius 3 is 2.54 bits per heavy atom. The zero-order chi connectivity index (χ0) is 16.4. The number of piperidine rings is 1. The maximum atomic E-state index is 12.6. The van der Waals surface area contributed by atoms with Gasteiger partial charge in [0.15, 0.2) is 0 Å². The van der Waals surface area contributed by atoms with Gasteiger partial charge in [0.1, 0.15) is 0 Å². The van der Waals surface area contributed by atoms with Gasteiger partial charge in [0.2, 0.25) is 5.91 Å². The number of para-hydroxylation sites is 1. The lowest BCUT2D eigenvalue weighted by molar-refractivity contribution is -0.123. The molecular formula is C20H29N3O. The molecule has 4 nitrogen and oxygen atoms in total. The van der Waals surface area contributed by atoms with Gasteiger partial charge in [0, 0.05) is 30.9 Å². The van der Waals surface area contributed by atoms with Gasteiger partial charge in [0.05, 0.1) is 6.04 Å². The lowest BCUT2D eigenvalue weighted by atomic mass is 9.85. The van der Waals surface area contributed by atoms with E-state index in [-0.39, 0.29) is 11.9 Å². The van der Waals surface area contributed by atoms with Crippen molar-refractivity contribution in [1.29, 1.82) is 0 Å². The van der Waals surface area contributed by atoms with E-state index in [0.717, 1.165) is 38.3 Å². The summed E-state index contributed by atoms with van der Waals surface area (Å²) in [6, 6.07) is 11.6. The molecule has 3 unspecified atom stereocenters. The molecule has 4 heteroatoms. The minimum Gasteiger partial charge on any atom is -0.371 e. The van der Waals surface area contributed by atoms with Gasteiger partial charge in [-0.25, -0.2) is 0 Å². The van der Waals surface area contributed by atoms with Crippen molar-refractivity contribution >= 4 is 11.6 Å². The number of carbonyl (C=O) groups excluding carboxylic acids is 1. The predicted octanol–water partition coefficient (Wildman–Crippen LogP) is 2.69. The first-order valence-electron chi connectivity index (χ1n) is 9.66. The van der Waals surface area contributed by atoms with E-state index in [4.69, 9.17) is 0 Å². The van der Waals surface area contributed by atoms with E-state index in [1.165, 1.54) is 31.4 Å². The van der Waals surface area contributed by atoms with E-state index < -0.39 is 0 Å². The maximum Gasteiger partial charge on any atom is 0.237 e. The van der Waals surface area contributed by atoms with Crippen LogP contribution < -0.4 is 15.5 Å². The summed E-state index contributed by atoms with van der Waals surface area (Å²) in [4.78, 5) is 15.0. The van der Waals surface area contributed by atoms with E-state index in [2.05, 4.69) is 45.9 Å². The first-order valence-corrected chi connectivity index (χ1v) is 9.66.